The molecule has 1 aromatic carbocycles. The van der Waals surface area contributed by atoms with Crippen molar-refractivity contribution in [1.82, 2.24) is 5.01 Å². The third-order valence-corrected chi connectivity index (χ3v) is 3.10. The van der Waals surface area contributed by atoms with Crippen molar-refractivity contribution >= 4 is 11.4 Å². The van der Waals surface area contributed by atoms with Crippen molar-refractivity contribution in [1.29, 1.82) is 0 Å². The van der Waals surface area contributed by atoms with E-state index in [4.69, 9.17) is 4.74 Å². The maximum Gasteiger partial charge on any atom is 0.313 e. The number of hydrazine groups is 1. The summed E-state index contributed by atoms with van der Waals surface area (Å²) < 4.78 is 18.8. The lowest BCUT2D eigenvalue weighted by atomic mass is 10.2. The Morgan fingerprint density at radius 2 is 2.05 bits per heavy atom. The number of ether oxygens (including phenoxy) is 1. The average Bonchev–Trinajstić information content (AvgIpc) is 2.41. The van der Waals surface area contributed by atoms with Crippen LogP contribution in [0, 0.1) is 15.9 Å². The molecule has 1 aliphatic rings. The minimum Gasteiger partial charge on any atom is -0.490 e. The van der Waals surface area contributed by atoms with Crippen molar-refractivity contribution in [2.75, 3.05) is 25.6 Å². The predicted octanol–water partition coefficient (Wildman–Crippen LogP) is 2.56. The second-order valence-corrected chi connectivity index (χ2v) is 4.42. The number of hydrogen-bond donors (Lipinski definition) is 1. The first-order chi connectivity index (χ1) is 9.11. The summed E-state index contributed by atoms with van der Waals surface area (Å²) in [6.07, 6.45) is 3.28. The van der Waals surface area contributed by atoms with Gasteiger partial charge in [-0.3, -0.25) is 10.1 Å². The number of nitro benzene ring substituents is 1. The third-order valence-electron chi connectivity index (χ3n) is 3.10. The lowest BCUT2D eigenvalue weighted by Gasteiger charge is -2.28. The average molecular weight is 269 g/mol. The smallest absolute Gasteiger partial charge is 0.313 e. The molecule has 0 unspecified atom stereocenters. The first-order valence-electron chi connectivity index (χ1n) is 6.15. The number of nitrogens with zero attached hydrogens (tertiary/aromatic N) is 2. The Labute approximate surface area is 110 Å². The van der Waals surface area contributed by atoms with Gasteiger partial charge in [-0.05, 0) is 12.8 Å². The number of hydrogen-bond acceptors (Lipinski definition) is 5. The van der Waals surface area contributed by atoms with Gasteiger partial charge in [0.15, 0.2) is 11.6 Å². The highest BCUT2D eigenvalue weighted by molar-refractivity contribution is 5.58. The van der Waals surface area contributed by atoms with E-state index in [1.54, 1.807) is 0 Å². The van der Waals surface area contributed by atoms with Crippen LogP contribution < -0.4 is 10.2 Å². The Morgan fingerprint density at radius 3 is 2.63 bits per heavy atom. The number of nitrogens with one attached hydrogen (secondary N) is 1. The zero-order chi connectivity index (χ0) is 13.8. The molecule has 1 aromatic rings. The summed E-state index contributed by atoms with van der Waals surface area (Å²) in [6.45, 7) is 1.66. The molecule has 1 fully saturated rings. The van der Waals surface area contributed by atoms with Crippen LogP contribution in [0.2, 0.25) is 0 Å². The predicted molar refractivity (Wildman–Crippen MR) is 68.7 cm³/mol. The zero-order valence-corrected chi connectivity index (χ0v) is 10.7. The second kappa shape index (κ2) is 5.83. The fourth-order valence-electron chi connectivity index (χ4n) is 2.11. The Balaban J connectivity index is 2.22. The summed E-state index contributed by atoms with van der Waals surface area (Å²) in [6, 6.07) is 2.20. The lowest BCUT2D eigenvalue weighted by Crippen LogP contribution is -2.35. The molecule has 0 amide bonds. The Kier molecular flexibility index (Phi) is 4.16. The Bertz CT molecular complexity index is 476. The third kappa shape index (κ3) is 3.11. The van der Waals surface area contributed by atoms with E-state index >= 15 is 0 Å². The molecule has 0 spiro atoms. The molecule has 0 radical (unpaired) electrons. The number of methoxy groups -OCH3 is 1. The summed E-state index contributed by atoms with van der Waals surface area (Å²) in [5, 5.41) is 12.7. The lowest BCUT2D eigenvalue weighted by molar-refractivity contribution is -0.385. The molecule has 1 aliphatic heterocycles. The normalized spacial score (nSPS) is 16.1. The van der Waals surface area contributed by atoms with Gasteiger partial charge in [0, 0.05) is 19.2 Å². The summed E-state index contributed by atoms with van der Waals surface area (Å²) in [5.74, 6) is -0.607. The van der Waals surface area contributed by atoms with Crippen LogP contribution in [0.1, 0.15) is 19.3 Å². The van der Waals surface area contributed by atoms with Crippen molar-refractivity contribution in [2.24, 2.45) is 0 Å². The highest BCUT2D eigenvalue weighted by atomic mass is 19.1. The maximum absolute atomic E-state index is 13.8. The van der Waals surface area contributed by atoms with E-state index in [0.29, 0.717) is 0 Å². The molecule has 7 heteroatoms. The van der Waals surface area contributed by atoms with E-state index < -0.39 is 10.7 Å². The van der Waals surface area contributed by atoms with Crippen LogP contribution in [0.3, 0.4) is 0 Å². The molecule has 0 aliphatic carbocycles. The molecule has 2 rings (SSSR count). The van der Waals surface area contributed by atoms with Gasteiger partial charge in [-0.15, -0.1) is 0 Å². The summed E-state index contributed by atoms with van der Waals surface area (Å²) in [5.41, 5.74) is 2.77. The SMILES string of the molecule is COc1cc(NN2CCCCC2)c(F)cc1[N+](=O)[O-]. The van der Waals surface area contributed by atoms with Crippen LogP contribution >= 0.6 is 0 Å². The van der Waals surface area contributed by atoms with E-state index in [9.17, 15) is 14.5 Å². The van der Waals surface area contributed by atoms with Gasteiger partial charge in [0.05, 0.1) is 23.8 Å². The molecule has 0 aromatic heterocycles. The van der Waals surface area contributed by atoms with Gasteiger partial charge in [-0.25, -0.2) is 9.40 Å². The van der Waals surface area contributed by atoms with Gasteiger partial charge < -0.3 is 10.2 Å². The van der Waals surface area contributed by atoms with Crippen molar-refractivity contribution in [2.45, 2.75) is 19.3 Å². The van der Waals surface area contributed by atoms with E-state index in [1.165, 1.54) is 19.6 Å². The van der Waals surface area contributed by atoms with Crippen LogP contribution in [-0.2, 0) is 0 Å². The van der Waals surface area contributed by atoms with Gasteiger partial charge in [0.1, 0.15) is 0 Å². The molecule has 19 heavy (non-hydrogen) atoms. The monoisotopic (exact) mass is 269 g/mol. The van der Waals surface area contributed by atoms with Gasteiger partial charge >= 0.3 is 5.69 Å². The maximum atomic E-state index is 13.8. The molecular formula is C12H16FN3O3. The van der Waals surface area contributed by atoms with Crippen molar-refractivity contribution < 1.29 is 14.1 Å². The molecule has 0 atom stereocenters. The fourth-order valence-corrected chi connectivity index (χ4v) is 2.11. The second-order valence-electron chi connectivity index (χ2n) is 4.42. The van der Waals surface area contributed by atoms with Crippen LogP contribution in [0.25, 0.3) is 0 Å². The quantitative estimate of drug-likeness (QED) is 0.672. The van der Waals surface area contributed by atoms with Crippen LogP contribution in [0.5, 0.6) is 5.75 Å². The molecule has 1 saturated heterocycles. The molecule has 0 bridgehead atoms. The summed E-state index contributed by atoms with van der Waals surface area (Å²) >= 11 is 0. The topological polar surface area (TPSA) is 67.6 Å². The zero-order valence-electron chi connectivity index (χ0n) is 10.7. The van der Waals surface area contributed by atoms with Crippen molar-refractivity contribution in [3.8, 4) is 5.75 Å². The standard InChI is InChI=1S/C12H16FN3O3/c1-19-12-8-10(9(13)7-11(12)16(17)18)14-15-5-3-2-4-6-15/h7-8,14H,2-6H2,1H3. The first kappa shape index (κ1) is 13.5. The van der Waals surface area contributed by atoms with E-state index in [2.05, 4.69) is 5.43 Å². The number of anilines is 1. The minimum absolute atomic E-state index is 0.0471. The summed E-state index contributed by atoms with van der Waals surface area (Å²) in [4.78, 5) is 10.1. The van der Waals surface area contributed by atoms with E-state index in [1.807, 2.05) is 5.01 Å². The van der Waals surface area contributed by atoms with Crippen molar-refractivity contribution in [3.63, 3.8) is 0 Å². The first-order valence-corrected chi connectivity index (χ1v) is 6.15. The fraction of sp³-hybridized carbons (Fsp3) is 0.500. The number of piperidine rings is 1. The van der Waals surface area contributed by atoms with Gasteiger partial charge in [-0.1, -0.05) is 6.42 Å². The molecule has 0 saturated carbocycles. The highest BCUT2D eigenvalue weighted by Gasteiger charge is 2.20. The molecule has 6 nitrogen and oxygen atoms in total. The Hall–Kier alpha value is -1.89. The van der Waals surface area contributed by atoms with Crippen molar-refractivity contribution in [3.05, 3.63) is 28.1 Å². The molecular weight excluding hydrogens is 253 g/mol. The van der Waals surface area contributed by atoms with E-state index in [0.717, 1.165) is 32.0 Å². The molecule has 1 heterocycles. The van der Waals surface area contributed by atoms with Crippen LogP contribution in [0.15, 0.2) is 12.1 Å². The largest absolute Gasteiger partial charge is 0.490 e. The molecule has 104 valence electrons. The van der Waals surface area contributed by atoms with Crippen LogP contribution in [-0.4, -0.2) is 30.1 Å². The number of halogens is 1. The number of rotatable bonds is 4. The highest BCUT2D eigenvalue weighted by Crippen LogP contribution is 2.32. The van der Waals surface area contributed by atoms with Gasteiger partial charge in [0.2, 0.25) is 0 Å². The Morgan fingerprint density at radius 1 is 1.37 bits per heavy atom. The molecule has 1 N–H and O–H groups in total. The summed E-state index contributed by atoms with van der Waals surface area (Å²) in [7, 11) is 1.32. The van der Waals surface area contributed by atoms with E-state index in [-0.39, 0.29) is 17.1 Å². The van der Waals surface area contributed by atoms with Gasteiger partial charge in [-0.2, -0.15) is 0 Å². The minimum atomic E-state index is -0.660. The number of nitro groups is 1. The van der Waals surface area contributed by atoms with Gasteiger partial charge in [0.25, 0.3) is 0 Å². The van der Waals surface area contributed by atoms with Crippen LogP contribution in [0.4, 0.5) is 15.8 Å². The number of benzene rings is 1.